The smallest absolute Gasteiger partial charge is 0.277 e. The molecule has 2 N–H and O–H groups in total. The van der Waals surface area contributed by atoms with Gasteiger partial charge in [-0.3, -0.25) is 14.8 Å². The van der Waals surface area contributed by atoms with Crippen LogP contribution in [0.4, 0.5) is 5.69 Å². The number of benzene rings is 1. The van der Waals surface area contributed by atoms with Gasteiger partial charge in [-0.1, -0.05) is 11.6 Å². The van der Waals surface area contributed by atoms with Crippen LogP contribution in [0.3, 0.4) is 0 Å². The summed E-state index contributed by atoms with van der Waals surface area (Å²) in [7, 11) is 0. The third-order valence-corrected chi connectivity index (χ3v) is 4.12. The molecule has 0 aliphatic carbocycles. The minimum Gasteiger partial charge on any atom is -0.332 e. The minimum atomic E-state index is -0.384. The van der Waals surface area contributed by atoms with Gasteiger partial charge in [-0.15, -0.1) is 0 Å². The second-order valence-corrected chi connectivity index (χ2v) is 6.59. The maximum Gasteiger partial charge on any atom is 0.277 e. The summed E-state index contributed by atoms with van der Waals surface area (Å²) in [6.45, 7) is 4.40. The van der Waals surface area contributed by atoms with E-state index in [2.05, 4.69) is 38.3 Å². The lowest BCUT2D eigenvalue weighted by Crippen LogP contribution is -2.35. The van der Waals surface area contributed by atoms with E-state index in [0.29, 0.717) is 17.3 Å². The molecule has 22 heavy (non-hydrogen) atoms. The highest BCUT2D eigenvalue weighted by Crippen LogP contribution is 2.18. The monoisotopic (exact) mass is 448 g/mol. The van der Waals surface area contributed by atoms with Gasteiger partial charge in [-0.25, -0.2) is 0 Å². The number of carbonyl (C=O) groups excluding carboxylic acids is 1. The molecule has 116 valence electrons. The van der Waals surface area contributed by atoms with Crippen LogP contribution < -0.4 is 10.6 Å². The van der Waals surface area contributed by atoms with Crippen molar-refractivity contribution >= 4 is 63.1 Å². The zero-order valence-corrected chi connectivity index (χ0v) is 15.7. The van der Waals surface area contributed by atoms with E-state index in [4.69, 9.17) is 23.8 Å². The minimum absolute atomic E-state index is 0.217. The van der Waals surface area contributed by atoms with Crippen molar-refractivity contribution in [2.24, 2.45) is 0 Å². The maximum absolute atomic E-state index is 12.3. The fourth-order valence-corrected chi connectivity index (χ4v) is 2.99. The average Bonchev–Trinajstić information content (AvgIpc) is 2.83. The van der Waals surface area contributed by atoms with Crippen LogP contribution >= 0.6 is 46.4 Å². The van der Waals surface area contributed by atoms with Crippen molar-refractivity contribution in [3.63, 3.8) is 0 Å². The summed E-state index contributed by atoms with van der Waals surface area (Å²) in [4.78, 5) is 12.3. The van der Waals surface area contributed by atoms with Crippen molar-refractivity contribution in [2.75, 3.05) is 5.32 Å². The van der Waals surface area contributed by atoms with E-state index in [0.717, 1.165) is 14.8 Å². The standard InChI is InChI=1S/C14H14ClIN4OS/c1-3-20-12(10(15)7-17-20)13(21)19-14(22)18-11-5-4-9(16)6-8(11)2/h4-7H,3H2,1-2H3,(H2,18,19,21,22). The van der Waals surface area contributed by atoms with Gasteiger partial charge in [0.25, 0.3) is 5.91 Å². The fourth-order valence-electron chi connectivity index (χ4n) is 1.91. The third-order valence-electron chi connectivity index (χ3n) is 2.97. The molecular weight excluding hydrogens is 435 g/mol. The Kier molecular flexibility index (Phi) is 5.76. The van der Waals surface area contributed by atoms with Gasteiger partial charge in [-0.2, -0.15) is 5.10 Å². The van der Waals surface area contributed by atoms with Crippen molar-refractivity contribution in [1.29, 1.82) is 0 Å². The number of nitrogens with one attached hydrogen (secondary N) is 2. The summed E-state index contributed by atoms with van der Waals surface area (Å²) in [5, 5.41) is 10.2. The first-order valence-corrected chi connectivity index (χ1v) is 8.38. The van der Waals surface area contributed by atoms with Gasteiger partial charge in [0.2, 0.25) is 0 Å². The number of carbonyl (C=O) groups is 1. The summed E-state index contributed by atoms with van der Waals surface area (Å²) in [5.41, 5.74) is 2.19. The Morgan fingerprint density at radius 2 is 2.23 bits per heavy atom. The highest BCUT2D eigenvalue weighted by Gasteiger charge is 2.18. The number of anilines is 1. The Bertz CT molecular complexity index is 732. The van der Waals surface area contributed by atoms with Crippen LogP contribution in [-0.4, -0.2) is 20.8 Å². The summed E-state index contributed by atoms with van der Waals surface area (Å²) in [5.74, 6) is -0.384. The number of nitrogens with zero attached hydrogens (tertiary/aromatic N) is 2. The molecule has 1 heterocycles. The average molecular weight is 449 g/mol. The number of aryl methyl sites for hydroxylation is 2. The van der Waals surface area contributed by atoms with E-state index in [9.17, 15) is 4.79 Å². The molecule has 8 heteroatoms. The molecule has 1 aromatic heterocycles. The van der Waals surface area contributed by atoms with Crippen LogP contribution in [-0.2, 0) is 6.54 Å². The molecule has 0 aliphatic rings. The van der Waals surface area contributed by atoms with Crippen LogP contribution in [0.2, 0.25) is 5.02 Å². The van der Waals surface area contributed by atoms with Gasteiger partial charge in [0.05, 0.1) is 11.2 Å². The molecule has 2 rings (SSSR count). The van der Waals surface area contributed by atoms with Gasteiger partial charge in [0, 0.05) is 15.8 Å². The van der Waals surface area contributed by atoms with E-state index in [1.807, 2.05) is 32.0 Å². The molecule has 0 saturated heterocycles. The summed E-state index contributed by atoms with van der Waals surface area (Å²) in [6.07, 6.45) is 1.44. The molecule has 0 saturated carbocycles. The molecule has 2 aromatic rings. The quantitative estimate of drug-likeness (QED) is 0.556. The van der Waals surface area contributed by atoms with E-state index >= 15 is 0 Å². The lowest BCUT2D eigenvalue weighted by atomic mass is 10.2. The maximum atomic E-state index is 12.3. The first-order chi connectivity index (χ1) is 10.4. The summed E-state index contributed by atoms with van der Waals surface area (Å²) in [6, 6.07) is 5.90. The van der Waals surface area contributed by atoms with Crippen molar-refractivity contribution in [1.82, 2.24) is 15.1 Å². The summed E-state index contributed by atoms with van der Waals surface area (Å²) >= 11 is 13.4. The van der Waals surface area contributed by atoms with Gasteiger partial charge in [0.15, 0.2) is 5.11 Å². The summed E-state index contributed by atoms with van der Waals surface area (Å²) < 4.78 is 2.66. The Balaban J connectivity index is 2.08. The lowest BCUT2D eigenvalue weighted by Gasteiger charge is -2.12. The third kappa shape index (κ3) is 3.96. The number of amides is 1. The second-order valence-electron chi connectivity index (χ2n) is 4.52. The SMILES string of the molecule is CCn1ncc(Cl)c1C(=O)NC(=S)Nc1ccc(I)cc1C. The molecule has 0 atom stereocenters. The molecule has 0 spiro atoms. The number of hydrogen-bond donors (Lipinski definition) is 2. The molecule has 0 bridgehead atoms. The second kappa shape index (κ2) is 7.38. The van der Waals surface area contributed by atoms with Crippen molar-refractivity contribution < 1.29 is 4.79 Å². The topological polar surface area (TPSA) is 59.0 Å². The van der Waals surface area contributed by atoms with Gasteiger partial charge >= 0.3 is 0 Å². The normalized spacial score (nSPS) is 10.4. The molecule has 5 nitrogen and oxygen atoms in total. The Morgan fingerprint density at radius 3 is 2.86 bits per heavy atom. The molecule has 0 unspecified atom stereocenters. The van der Waals surface area contributed by atoms with Crippen LogP contribution in [0.15, 0.2) is 24.4 Å². The highest BCUT2D eigenvalue weighted by molar-refractivity contribution is 14.1. The van der Waals surface area contributed by atoms with Crippen LogP contribution in [0.5, 0.6) is 0 Å². The Morgan fingerprint density at radius 1 is 1.50 bits per heavy atom. The predicted octanol–water partition coefficient (Wildman–Crippen LogP) is 3.60. The number of hydrogen-bond acceptors (Lipinski definition) is 3. The van der Waals surface area contributed by atoms with Crippen molar-refractivity contribution in [3.8, 4) is 0 Å². The van der Waals surface area contributed by atoms with E-state index in [1.165, 1.54) is 10.9 Å². The van der Waals surface area contributed by atoms with Gasteiger partial charge in [-0.05, 0) is 72.4 Å². The molecule has 0 aliphatic heterocycles. The largest absolute Gasteiger partial charge is 0.332 e. The van der Waals surface area contributed by atoms with E-state index in [-0.39, 0.29) is 11.0 Å². The van der Waals surface area contributed by atoms with Gasteiger partial charge in [0.1, 0.15) is 5.69 Å². The van der Waals surface area contributed by atoms with Crippen LogP contribution in [0.25, 0.3) is 0 Å². The molecular formula is C14H14ClIN4OS. The number of rotatable bonds is 3. The number of halogens is 2. The van der Waals surface area contributed by atoms with Gasteiger partial charge < -0.3 is 5.32 Å². The van der Waals surface area contributed by atoms with Crippen LogP contribution in [0, 0.1) is 10.5 Å². The molecule has 0 radical (unpaired) electrons. The first kappa shape index (κ1) is 17.2. The van der Waals surface area contributed by atoms with E-state index in [1.54, 1.807) is 0 Å². The first-order valence-electron chi connectivity index (χ1n) is 6.52. The molecule has 1 amide bonds. The number of aromatic nitrogens is 2. The fraction of sp³-hybridized carbons (Fsp3) is 0.214. The van der Waals surface area contributed by atoms with Crippen molar-refractivity contribution in [3.05, 3.63) is 44.2 Å². The lowest BCUT2D eigenvalue weighted by molar-refractivity contribution is 0.0967. The zero-order valence-electron chi connectivity index (χ0n) is 12.0. The molecule has 1 aromatic carbocycles. The highest BCUT2D eigenvalue weighted by atomic mass is 127. The Hall–Kier alpha value is -1.19. The van der Waals surface area contributed by atoms with Crippen LogP contribution in [0.1, 0.15) is 23.0 Å². The van der Waals surface area contributed by atoms with Crippen molar-refractivity contribution in [2.45, 2.75) is 20.4 Å². The molecule has 0 fully saturated rings. The predicted molar refractivity (Wildman–Crippen MR) is 100 cm³/mol. The van der Waals surface area contributed by atoms with E-state index < -0.39 is 0 Å². The number of thiocarbonyl (C=S) groups is 1. The zero-order chi connectivity index (χ0) is 16.3. The Labute approximate surface area is 152 Å².